The Bertz CT molecular complexity index is 343. The highest BCUT2D eigenvalue weighted by molar-refractivity contribution is 9.10. The van der Waals surface area contributed by atoms with Gasteiger partial charge in [0.1, 0.15) is 0 Å². The molecule has 0 radical (unpaired) electrons. The van der Waals surface area contributed by atoms with E-state index < -0.39 is 0 Å². The van der Waals surface area contributed by atoms with Gasteiger partial charge in [-0.05, 0) is 51.4 Å². The van der Waals surface area contributed by atoms with Gasteiger partial charge in [-0.3, -0.25) is 0 Å². The molecule has 18 heavy (non-hydrogen) atoms. The summed E-state index contributed by atoms with van der Waals surface area (Å²) in [7, 11) is 0. The second kappa shape index (κ2) is 7.27. The molecule has 102 valence electrons. The van der Waals surface area contributed by atoms with Crippen molar-refractivity contribution in [1.82, 2.24) is 5.32 Å². The van der Waals surface area contributed by atoms with E-state index >= 15 is 0 Å². The third-order valence-electron chi connectivity index (χ3n) is 2.49. The summed E-state index contributed by atoms with van der Waals surface area (Å²) in [4.78, 5) is 0. The zero-order chi connectivity index (χ0) is 13.6. The third kappa shape index (κ3) is 5.98. The summed E-state index contributed by atoms with van der Waals surface area (Å²) < 4.78 is 7.23. The van der Waals surface area contributed by atoms with E-state index in [1.54, 1.807) is 0 Å². The Hall–Kier alpha value is -0.380. The first-order valence-electron chi connectivity index (χ1n) is 6.56. The van der Waals surface area contributed by atoms with Crippen molar-refractivity contribution in [3.63, 3.8) is 0 Å². The van der Waals surface area contributed by atoms with Gasteiger partial charge in [0.2, 0.25) is 0 Å². The Labute approximate surface area is 119 Å². The highest BCUT2D eigenvalue weighted by atomic mass is 79.9. The lowest BCUT2D eigenvalue weighted by Crippen LogP contribution is -2.30. The first kappa shape index (κ1) is 15.7. The summed E-state index contributed by atoms with van der Waals surface area (Å²) in [5, 5.41) is 3.43. The van der Waals surface area contributed by atoms with Gasteiger partial charge in [0.15, 0.2) is 0 Å². The molecule has 1 N–H and O–H groups in total. The summed E-state index contributed by atoms with van der Waals surface area (Å²) in [6, 6.07) is 8.37. The van der Waals surface area contributed by atoms with Crippen LogP contribution < -0.4 is 5.32 Å². The van der Waals surface area contributed by atoms with Crippen LogP contribution in [0.25, 0.3) is 0 Å². The Morgan fingerprint density at radius 3 is 2.33 bits per heavy atom. The van der Waals surface area contributed by atoms with E-state index in [0.29, 0.717) is 0 Å². The van der Waals surface area contributed by atoms with Gasteiger partial charge in [0, 0.05) is 11.0 Å². The molecule has 0 amide bonds. The molecule has 1 aromatic rings. The quantitative estimate of drug-likeness (QED) is 0.790. The third-order valence-corrected chi connectivity index (χ3v) is 3.02. The van der Waals surface area contributed by atoms with Crippen LogP contribution in [-0.2, 0) is 4.74 Å². The van der Waals surface area contributed by atoms with Crippen LogP contribution in [0.2, 0.25) is 0 Å². The molecule has 0 bridgehead atoms. The number of rotatable bonds is 6. The van der Waals surface area contributed by atoms with Crippen LogP contribution in [0.1, 0.15) is 45.8 Å². The molecule has 0 heterocycles. The van der Waals surface area contributed by atoms with E-state index in [1.807, 2.05) is 0 Å². The molecular weight excluding hydrogens is 290 g/mol. The van der Waals surface area contributed by atoms with Crippen LogP contribution >= 0.6 is 15.9 Å². The van der Waals surface area contributed by atoms with Crippen molar-refractivity contribution in [2.24, 2.45) is 0 Å². The molecule has 0 aliphatic heterocycles. The summed E-state index contributed by atoms with van der Waals surface area (Å²) in [5.41, 5.74) is 1.09. The SMILES string of the molecule is CCCNCC(OC(C)(C)C)c1ccc(Br)cc1. The maximum Gasteiger partial charge on any atom is 0.0956 e. The summed E-state index contributed by atoms with van der Waals surface area (Å²) in [6.07, 6.45) is 1.24. The molecule has 1 unspecified atom stereocenters. The number of nitrogens with one attached hydrogen (secondary N) is 1. The van der Waals surface area contributed by atoms with Crippen LogP contribution in [0.5, 0.6) is 0 Å². The van der Waals surface area contributed by atoms with Gasteiger partial charge >= 0.3 is 0 Å². The normalized spacial score (nSPS) is 13.6. The summed E-state index contributed by atoms with van der Waals surface area (Å²) >= 11 is 3.46. The van der Waals surface area contributed by atoms with Crippen LogP contribution in [0.15, 0.2) is 28.7 Å². The number of hydrogen-bond donors (Lipinski definition) is 1. The minimum atomic E-state index is -0.133. The van der Waals surface area contributed by atoms with E-state index in [-0.39, 0.29) is 11.7 Å². The van der Waals surface area contributed by atoms with Crippen LogP contribution in [0.3, 0.4) is 0 Å². The maximum atomic E-state index is 6.13. The molecule has 0 aliphatic rings. The molecule has 2 nitrogen and oxygen atoms in total. The van der Waals surface area contributed by atoms with Crippen LogP contribution in [0, 0.1) is 0 Å². The average Bonchev–Trinajstić information content (AvgIpc) is 2.27. The minimum Gasteiger partial charge on any atom is -0.367 e. The first-order chi connectivity index (χ1) is 8.42. The maximum absolute atomic E-state index is 6.13. The number of ether oxygens (including phenoxy) is 1. The second-order valence-corrected chi connectivity index (χ2v) is 6.39. The Balaban J connectivity index is 2.72. The lowest BCUT2D eigenvalue weighted by molar-refractivity contribution is -0.0605. The molecular formula is C15H24BrNO. The fraction of sp³-hybridized carbons (Fsp3) is 0.600. The molecule has 3 heteroatoms. The van der Waals surface area contributed by atoms with Gasteiger partial charge in [-0.25, -0.2) is 0 Å². The van der Waals surface area contributed by atoms with Gasteiger partial charge in [-0.2, -0.15) is 0 Å². The van der Waals surface area contributed by atoms with E-state index in [9.17, 15) is 0 Å². The van der Waals surface area contributed by atoms with E-state index in [1.165, 1.54) is 5.56 Å². The second-order valence-electron chi connectivity index (χ2n) is 5.47. The predicted molar refractivity (Wildman–Crippen MR) is 80.9 cm³/mol. The van der Waals surface area contributed by atoms with E-state index in [0.717, 1.165) is 24.0 Å². The van der Waals surface area contributed by atoms with Gasteiger partial charge in [0.25, 0.3) is 0 Å². The smallest absolute Gasteiger partial charge is 0.0956 e. The average molecular weight is 314 g/mol. The zero-order valence-electron chi connectivity index (χ0n) is 11.8. The lowest BCUT2D eigenvalue weighted by Gasteiger charge is -2.28. The van der Waals surface area contributed by atoms with Crippen LogP contribution in [-0.4, -0.2) is 18.7 Å². The van der Waals surface area contributed by atoms with Crippen molar-refractivity contribution in [1.29, 1.82) is 0 Å². The first-order valence-corrected chi connectivity index (χ1v) is 7.35. The van der Waals surface area contributed by atoms with Crippen LogP contribution in [0.4, 0.5) is 0 Å². The van der Waals surface area contributed by atoms with Gasteiger partial charge in [-0.1, -0.05) is 35.0 Å². The molecule has 0 saturated carbocycles. The lowest BCUT2D eigenvalue weighted by atomic mass is 10.1. The van der Waals surface area contributed by atoms with E-state index in [4.69, 9.17) is 4.74 Å². The van der Waals surface area contributed by atoms with Crippen molar-refractivity contribution in [2.45, 2.75) is 45.8 Å². The van der Waals surface area contributed by atoms with E-state index in [2.05, 4.69) is 73.2 Å². The minimum absolute atomic E-state index is 0.102. The van der Waals surface area contributed by atoms with Crippen molar-refractivity contribution in [2.75, 3.05) is 13.1 Å². The van der Waals surface area contributed by atoms with Crippen molar-refractivity contribution < 1.29 is 4.74 Å². The topological polar surface area (TPSA) is 21.3 Å². The molecule has 0 aliphatic carbocycles. The van der Waals surface area contributed by atoms with Crippen molar-refractivity contribution >= 4 is 15.9 Å². The molecule has 0 spiro atoms. The van der Waals surface area contributed by atoms with Crippen molar-refractivity contribution in [3.8, 4) is 0 Å². The molecule has 1 rings (SSSR count). The monoisotopic (exact) mass is 313 g/mol. The summed E-state index contributed by atoms with van der Waals surface area (Å²) in [5.74, 6) is 0. The highest BCUT2D eigenvalue weighted by Gasteiger charge is 2.20. The Morgan fingerprint density at radius 1 is 1.22 bits per heavy atom. The highest BCUT2D eigenvalue weighted by Crippen LogP contribution is 2.24. The largest absolute Gasteiger partial charge is 0.367 e. The summed E-state index contributed by atoms with van der Waals surface area (Å²) in [6.45, 7) is 10.3. The molecule has 1 aromatic carbocycles. The fourth-order valence-corrected chi connectivity index (χ4v) is 2.01. The zero-order valence-corrected chi connectivity index (χ0v) is 13.4. The van der Waals surface area contributed by atoms with Gasteiger partial charge in [-0.15, -0.1) is 0 Å². The fourth-order valence-electron chi connectivity index (χ4n) is 1.74. The predicted octanol–water partition coefficient (Wildman–Crippen LogP) is 4.30. The van der Waals surface area contributed by atoms with Gasteiger partial charge < -0.3 is 10.1 Å². The van der Waals surface area contributed by atoms with Gasteiger partial charge in [0.05, 0.1) is 11.7 Å². The molecule has 0 saturated heterocycles. The molecule has 0 fully saturated rings. The molecule has 0 aromatic heterocycles. The Kier molecular flexibility index (Phi) is 6.33. The Morgan fingerprint density at radius 2 is 1.83 bits per heavy atom. The van der Waals surface area contributed by atoms with Crippen molar-refractivity contribution in [3.05, 3.63) is 34.3 Å². The molecule has 1 atom stereocenters. The standard InChI is InChI=1S/C15H24BrNO/c1-5-10-17-11-14(18-15(2,3)4)12-6-8-13(16)9-7-12/h6-9,14,17H,5,10-11H2,1-4H3. The number of halogens is 1. The number of hydrogen-bond acceptors (Lipinski definition) is 2. The number of benzene rings is 1.